The maximum Gasteiger partial charge on any atom is 0.416 e. The fraction of sp³-hybridized carbons (Fsp3) is 0.375. The van der Waals surface area contributed by atoms with Gasteiger partial charge in [-0.25, -0.2) is 0 Å². The van der Waals surface area contributed by atoms with Crippen molar-refractivity contribution in [2.75, 3.05) is 0 Å². The van der Waals surface area contributed by atoms with Crippen LogP contribution in [0.3, 0.4) is 0 Å². The molecule has 0 amide bonds. The standard InChI is InChI=1S/C16H15F3N2O/c1-9-6-14-12(15(22)7-9)8-13(20-21-14)10-2-4-11(5-3-10)16(17,18)19/h2-5,9,21H,6-8H2,1H3. The molecule has 0 fully saturated rings. The van der Waals surface area contributed by atoms with Crippen LogP contribution in [0.1, 0.15) is 37.3 Å². The molecule has 1 N–H and O–H groups in total. The van der Waals surface area contributed by atoms with Crippen LogP contribution in [-0.2, 0) is 11.0 Å². The molecule has 2 aliphatic rings. The van der Waals surface area contributed by atoms with Crippen LogP contribution in [0.4, 0.5) is 13.2 Å². The van der Waals surface area contributed by atoms with E-state index in [1.54, 1.807) is 0 Å². The number of alkyl halides is 3. The van der Waals surface area contributed by atoms with E-state index in [4.69, 9.17) is 0 Å². The average Bonchev–Trinajstić information content (AvgIpc) is 2.46. The minimum Gasteiger partial charge on any atom is -0.294 e. The van der Waals surface area contributed by atoms with Crippen molar-refractivity contribution in [2.45, 2.75) is 32.4 Å². The summed E-state index contributed by atoms with van der Waals surface area (Å²) in [5.41, 5.74) is 4.95. The highest BCUT2D eigenvalue weighted by atomic mass is 19.4. The second-order valence-corrected chi connectivity index (χ2v) is 5.82. The number of benzene rings is 1. The molecular weight excluding hydrogens is 293 g/mol. The number of allylic oxidation sites excluding steroid dienone is 2. The van der Waals surface area contributed by atoms with Gasteiger partial charge < -0.3 is 0 Å². The number of rotatable bonds is 1. The van der Waals surface area contributed by atoms with Crippen LogP contribution in [0.5, 0.6) is 0 Å². The Morgan fingerprint density at radius 2 is 1.86 bits per heavy atom. The number of hydrazone groups is 1. The lowest BCUT2D eigenvalue weighted by Crippen LogP contribution is -2.29. The number of carbonyl (C=O) groups is 1. The SMILES string of the molecule is CC1CC(=O)C2=C(C1)NN=C(c1ccc(C(F)(F)F)cc1)C2. The summed E-state index contributed by atoms with van der Waals surface area (Å²) in [6.07, 6.45) is -2.68. The number of ketones is 1. The van der Waals surface area contributed by atoms with E-state index in [0.717, 1.165) is 24.3 Å². The molecule has 116 valence electrons. The van der Waals surface area contributed by atoms with Crippen molar-refractivity contribution in [2.24, 2.45) is 11.0 Å². The predicted octanol–water partition coefficient (Wildman–Crippen LogP) is 3.66. The molecule has 1 aliphatic carbocycles. The number of hydrogen-bond donors (Lipinski definition) is 1. The molecule has 0 saturated heterocycles. The zero-order valence-electron chi connectivity index (χ0n) is 12.0. The van der Waals surface area contributed by atoms with Gasteiger partial charge in [-0.05, 0) is 30.0 Å². The highest BCUT2D eigenvalue weighted by molar-refractivity contribution is 6.09. The molecule has 0 spiro atoms. The number of Topliss-reactive ketones (excluding diaryl/α,β-unsaturated/α-hetero) is 1. The third-order valence-electron chi connectivity index (χ3n) is 4.00. The normalized spacial score (nSPS) is 22.1. The van der Waals surface area contributed by atoms with Crippen molar-refractivity contribution in [3.05, 3.63) is 46.7 Å². The van der Waals surface area contributed by atoms with E-state index in [2.05, 4.69) is 10.5 Å². The Morgan fingerprint density at radius 1 is 1.18 bits per heavy atom. The summed E-state index contributed by atoms with van der Waals surface area (Å²) in [6, 6.07) is 4.86. The minimum atomic E-state index is -4.35. The number of nitrogens with one attached hydrogen (secondary N) is 1. The number of hydrogen-bond acceptors (Lipinski definition) is 3. The van der Waals surface area contributed by atoms with Gasteiger partial charge in [0, 0.05) is 24.1 Å². The zero-order chi connectivity index (χ0) is 15.9. The Kier molecular flexibility index (Phi) is 3.54. The van der Waals surface area contributed by atoms with Crippen LogP contribution in [0.2, 0.25) is 0 Å². The van der Waals surface area contributed by atoms with Crippen LogP contribution in [0.25, 0.3) is 0 Å². The number of nitrogens with zero attached hydrogens (tertiary/aromatic N) is 1. The fourth-order valence-electron chi connectivity index (χ4n) is 2.83. The molecule has 6 heteroatoms. The van der Waals surface area contributed by atoms with E-state index in [-0.39, 0.29) is 5.78 Å². The van der Waals surface area contributed by atoms with Gasteiger partial charge >= 0.3 is 6.18 Å². The van der Waals surface area contributed by atoms with Gasteiger partial charge in [-0.3, -0.25) is 10.2 Å². The molecule has 0 bridgehead atoms. The van der Waals surface area contributed by atoms with Crippen molar-refractivity contribution in [1.82, 2.24) is 5.43 Å². The van der Waals surface area contributed by atoms with Gasteiger partial charge in [0.2, 0.25) is 0 Å². The quantitative estimate of drug-likeness (QED) is 0.860. The van der Waals surface area contributed by atoms with Crippen molar-refractivity contribution in [3.8, 4) is 0 Å². The lowest BCUT2D eigenvalue weighted by atomic mass is 9.84. The molecule has 1 atom stereocenters. The Bertz CT molecular complexity index is 672. The van der Waals surface area contributed by atoms with Crippen LogP contribution in [0, 0.1) is 5.92 Å². The van der Waals surface area contributed by atoms with Crippen molar-refractivity contribution in [3.63, 3.8) is 0 Å². The lowest BCUT2D eigenvalue weighted by molar-refractivity contribution is -0.137. The summed E-state index contributed by atoms with van der Waals surface area (Å²) in [5, 5.41) is 4.22. The van der Waals surface area contributed by atoms with E-state index >= 15 is 0 Å². The third kappa shape index (κ3) is 2.77. The van der Waals surface area contributed by atoms with Crippen molar-refractivity contribution < 1.29 is 18.0 Å². The molecule has 1 unspecified atom stereocenters. The first kappa shape index (κ1) is 14.8. The van der Waals surface area contributed by atoms with E-state index in [1.807, 2.05) is 6.92 Å². The summed E-state index contributed by atoms with van der Waals surface area (Å²) >= 11 is 0. The molecule has 1 aliphatic heterocycles. The number of halogens is 3. The summed E-state index contributed by atoms with van der Waals surface area (Å²) in [4.78, 5) is 12.1. The maximum atomic E-state index is 12.6. The zero-order valence-corrected chi connectivity index (χ0v) is 12.0. The smallest absolute Gasteiger partial charge is 0.294 e. The molecule has 22 heavy (non-hydrogen) atoms. The van der Waals surface area contributed by atoms with Crippen molar-refractivity contribution >= 4 is 11.5 Å². The Morgan fingerprint density at radius 3 is 2.50 bits per heavy atom. The summed E-state index contributed by atoms with van der Waals surface area (Å²) < 4.78 is 37.7. The van der Waals surface area contributed by atoms with Gasteiger partial charge in [0.05, 0.1) is 11.3 Å². The topological polar surface area (TPSA) is 41.5 Å². The van der Waals surface area contributed by atoms with E-state index in [0.29, 0.717) is 35.6 Å². The molecule has 0 radical (unpaired) electrons. The second kappa shape index (κ2) is 5.26. The van der Waals surface area contributed by atoms with Gasteiger partial charge in [0.25, 0.3) is 0 Å². The monoisotopic (exact) mass is 308 g/mol. The second-order valence-electron chi connectivity index (χ2n) is 5.82. The van der Waals surface area contributed by atoms with Gasteiger partial charge in [0.1, 0.15) is 0 Å². The van der Waals surface area contributed by atoms with Gasteiger partial charge in [-0.2, -0.15) is 18.3 Å². The molecule has 1 aromatic carbocycles. The third-order valence-corrected chi connectivity index (χ3v) is 4.00. The molecule has 3 nitrogen and oxygen atoms in total. The molecule has 0 saturated carbocycles. The largest absolute Gasteiger partial charge is 0.416 e. The van der Waals surface area contributed by atoms with Crippen LogP contribution in [-0.4, -0.2) is 11.5 Å². The van der Waals surface area contributed by atoms with E-state index < -0.39 is 11.7 Å². The highest BCUT2D eigenvalue weighted by Gasteiger charge is 2.31. The van der Waals surface area contributed by atoms with E-state index in [1.165, 1.54) is 12.1 Å². The maximum absolute atomic E-state index is 12.6. The lowest BCUT2D eigenvalue weighted by Gasteiger charge is -2.27. The molecule has 3 rings (SSSR count). The Labute approximate surface area is 125 Å². The molecular formula is C16H15F3N2O. The molecule has 0 aromatic heterocycles. The summed E-state index contributed by atoms with van der Waals surface area (Å²) in [6.45, 7) is 2.01. The van der Waals surface area contributed by atoms with Crippen LogP contribution < -0.4 is 5.43 Å². The molecule has 1 aromatic rings. The van der Waals surface area contributed by atoms with Gasteiger partial charge in [0.15, 0.2) is 5.78 Å². The molecule has 1 heterocycles. The van der Waals surface area contributed by atoms with Gasteiger partial charge in [-0.15, -0.1) is 0 Å². The summed E-state index contributed by atoms with van der Waals surface area (Å²) in [7, 11) is 0. The Balaban J connectivity index is 1.82. The Hall–Kier alpha value is -2.11. The first-order valence-electron chi connectivity index (χ1n) is 7.10. The fourth-order valence-corrected chi connectivity index (χ4v) is 2.83. The minimum absolute atomic E-state index is 0.0977. The van der Waals surface area contributed by atoms with E-state index in [9.17, 15) is 18.0 Å². The average molecular weight is 308 g/mol. The highest BCUT2D eigenvalue weighted by Crippen LogP contribution is 2.32. The summed E-state index contributed by atoms with van der Waals surface area (Å²) in [5.74, 6) is 0.391. The van der Waals surface area contributed by atoms with Gasteiger partial charge in [-0.1, -0.05) is 19.1 Å². The van der Waals surface area contributed by atoms with Crippen molar-refractivity contribution in [1.29, 1.82) is 0 Å². The predicted molar refractivity (Wildman–Crippen MR) is 76.2 cm³/mol. The first-order valence-corrected chi connectivity index (χ1v) is 7.10. The van der Waals surface area contributed by atoms with Crippen LogP contribution in [0.15, 0.2) is 40.6 Å². The van der Waals surface area contributed by atoms with Crippen LogP contribution >= 0.6 is 0 Å². The first-order chi connectivity index (χ1) is 10.3. The number of carbonyl (C=O) groups excluding carboxylic acids is 1.